The van der Waals surface area contributed by atoms with Crippen molar-refractivity contribution in [3.05, 3.63) is 45.9 Å². The van der Waals surface area contributed by atoms with Crippen molar-refractivity contribution in [2.24, 2.45) is 4.99 Å². The summed E-state index contributed by atoms with van der Waals surface area (Å²) in [6.07, 6.45) is 1.72. The maximum atomic E-state index is 14.0. The number of anilines is 1. The van der Waals surface area contributed by atoms with Gasteiger partial charge in [-0.2, -0.15) is 0 Å². The van der Waals surface area contributed by atoms with Gasteiger partial charge in [0.25, 0.3) is 0 Å². The molecule has 1 unspecified atom stereocenters. The molecular weight excluding hydrogens is 483 g/mol. The van der Waals surface area contributed by atoms with Gasteiger partial charge in [-0.3, -0.25) is 4.99 Å². The molecule has 0 amide bonds. The topological polar surface area (TPSA) is 52.6 Å². The van der Waals surface area contributed by atoms with Gasteiger partial charge >= 0.3 is 0 Å². The van der Waals surface area contributed by atoms with Crippen LogP contribution in [0.2, 0.25) is 0 Å². The van der Waals surface area contributed by atoms with Gasteiger partial charge in [-0.05, 0) is 25.0 Å². The third-order valence-electron chi connectivity index (χ3n) is 4.35. The summed E-state index contributed by atoms with van der Waals surface area (Å²) >= 11 is 1.65. The van der Waals surface area contributed by atoms with E-state index in [1.807, 2.05) is 5.38 Å². The first-order chi connectivity index (χ1) is 12.6. The number of aromatic nitrogens is 1. The second-order valence-electron chi connectivity index (χ2n) is 6.16. The third-order valence-corrected chi connectivity index (χ3v) is 5.39. The molecule has 2 heterocycles. The summed E-state index contributed by atoms with van der Waals surface area (Å²) < 4.78 is 27.9. The maximum Gasteiger partial charge on any atom is 0.191 e. The van der Waals surface area contributed by atoms with E-state index in [1.54, 1.807) is 23.3 Å². The molecule has 2 aromatic rings. The molecule has 9 heteroatoms. The van der Waals surface area contributed by atoms with Gasteiger partial charge < -0.3 is 15.5 Å². The average Bonchev–Trinajstić information content (AvgIpc) is 3.28. The Morgan fingerprint density at radius 3 is 2.74 bits per heavy atom. The molecule has 0 aliphatic carbocycles. The number of nitrogens with zero attached hydrogens (tertiary/aromatic N) is 3. The van der Waals surface area contributed by atoms with Crippen molar-refractivity contribution >= 4 is 47.0 Å². The number of aryl methyl sites for hydroxylation is 1. The fourth-order valence-corrected chi connectivity index (χ4v) is 3.77. The highest BCUT2D eigenvalue weighted by molar-refractivity contribution is 14.0. The first-order valence-electron chi connectivity index (χ1n) is 8.70. The molecule has 0 saturated carbocycles. The second-order valence-corrected chi connectivity index (χ2v) is 7.10. The molecule has 1 aromatic heterocycles. The molecule has 0 bridgehead atoms. The number of benzene rings is 1. The highest BCUT2D eigenvalue weighted by atomic mass is 127. The first kappa shape index (κ1) is 21.8. The predicted octanol–water partition coefficient (Wildman–Crippen LogP) is 3.55. The predicted molar refractivity (Wildman–Crippen MR) is 117 cm³/mol. The molecular formula is C18H24F2IN5S. The Balaban J connectivity index is 0.00000261. The summed E-state index contributed by atoms with van der Waals surface area (Å²) in [5, 5.41) is 9.72. The lowest BCUT2D eigenvalue weighted by molar-refractivity contribution is 0.576. The summed E-state index contributed by atoms with van der Waals surface area (Å²) in [5.41, 5.74) is 1.03. The average molecular weight is 507 g/mol. The number of hydrogen-bond donors (Lipinski definition) is 2. The zero-order valence-corrected chi connectivity index (χ0v) is 18.5. The molecule has 148 valence electrons. The highest BCUT2D eigenvalue weighted by Gasteiger charge is 2.27. The molecule has 5 nitrogen and oxygen atoms in total. The molecule has 0 spiro atoms. The van der Waals surface area contributed by atoms with Crippen molar-refractivity contribution in [2.45, 2.75) is 32.4 Å². The third kappa shape index (κ3) is 5.50. The first-order valence-corrected chi connectivity index (χ1v) is 9.58. The second kappa shape index (κ2) is 10.2. The van der Waals surface area contributed by atoms with E-state index in [0.717, 1.165) is 23.5 Å². The van der Waals surface area contributed by atoms with Gasteiger partial charge in [-0.25, -0.2) is 13.8 Å². The smallest absolute Gasteiger partial charge is 0.191 e. The number of nitrogens with one attached hydrogen (secondary N) is 2. The molecule has 1 atom stereocenters. The molecule has 1 aromatic carbocycles. The quantitative estimate of drug-likeness (QED) is 0.370. The van der Waals surface area contributed by atoms with Crippen LogP contribution in [0.25, 0.3) is 0 Å². The molecule has 1 aliphatic heterocycles. The molecule has 2 N–H and O–H groups in total. The van der Waals surface area contributed by atoms with E-state index in [0.29, 0.717) is 25.6 Å². The number of para-hydroxylation sites is 1. The van der Waals surface area contributed by atoms with E-state index in [-0.39, 0.29) is 35.7 Å². The Morgan fingerprint density at radius 2 is 2.11 bits per heavy atom. The summed E-state index contributed by atoms with van der Waals surface area (Å²) in [7, 11) is 1.71. The Hall–Kier alpha value is -1.49. The van der Waals surface area contributed by atoms with E-state index >= 15 is 0 Å². The van der Waals surface area contributed by atoms with E-state index in [4.69, 9.17) is 0 Å². The fourth-order valence-electron chi connectivity index (χ4n) is 3.03. The van der Waals surface area contributed by atoms with E-state index in [1.165, 1.54) is 18.2 Å². The van der Waals surface area contributed by atoms with Crippen LogP contribution in [0.4, 0.5) is 14.5 Å². The van der Waals surface area contributed by atoms with Crippen LogP contribution < -0.4 is 15.5 Å². The van der Waals surface area contributed by atoms with Crippen LogP contribution in [0.5, 0.6) is 0 Å². The van der Waals surface area contributed by atoms with Crippen molar-refractivity contribution in [3.63, 3.8) is 0 Å². The SMILES string of the molecule is CCc1nc(CNC(=NC)NC2CCN(c3c(F)cccc3F)C2)cs1.I. The zero-order valence-electron chi connectivity index (χ0n) is 15.3. The normalized spacial score (nSPS) is 17.0. The minimum Gasteiger partial charge on any atom is -0.365 e. The molecule has 1 aliphatic rings. The Morgan fingerprint density at radius 1 is 1.37 bits per heavy atom. The number of guanidine groups is 1. The van der Waals surface area contributed by atoms with Crippen LogP contribution in [-0.2, 0) is 13.0 Å². The number of hydrogen-bond acceptors (Lipinski definition) is 4. The summed E-state index contributed by atoms with van der Waals surface area (Å²) in [5.74, 6) is -0.385. The lowest BCUT2D eigenvalue weighted by atomic mass is 10.2. The van der Waals surface area contributed by atoms with Gasteiger partial charge in [0, 0.05) is 31.6 Å². The standard InChI is InChI=1S/C18H23F2N5S.HI/c1-3-16-23-13(11-26-16)9-22-18(21-2)24-12-7-8-25(10-12)17-14(19)5-4-6-15(17)20;/h4-6,11-12H,3,7-10H2,1-2H3,(H2,21,22,24);1H. The van der Waals surface area contributed by atoms with Crippen LogP contribution in [0, 0.1) is 11.6 Å². The minimum absolute atomic E-state index is 0. The van der Waals surface area contributed by atoms with Crippen molar-refractivity contribution < 1.29 is 8.78 Å². The molecule has 3 rings (SSSR count). The number of aliphatic imine (C=N–C) groups is 1. The van der Waals surface area contributed by atoms with E-state index in [2.05, 4.69) is 27.5 Å². The maximum absolute atomic E-state index is 14.0. The van der Waals surface area contributed by atoms with Gasteiger partial charge in [-0.15, -0.1) is 35.3 Å². The lowest BCUT2D eigenvalue weighted by Crippen LogP contribution is -2.44. The van der Waals surface area contributed by atoms with Crippen molar-refractivity contribution in [1.82, 2.24) is 15.6 Å². The van der Waals surface area contributed by atoms with Gasteiger partial charge in [0.2, 0.25) is 0 Å². The fraction of sp³-hybridized carbons (Fsp3) is 0.444. The Bertz CT molecular complexity index is 763. The van der Waals surface area contributed by atoms with Crippen molar-refractivity contribution in [3.8, 4) is 0 Å². The van der Waals surface area contributed by atoms with Gasteiger partial charge in [0.1, 0.15) is 17.3 Å². The van der Waals surface area contributed by atoms with Crippen molar-refractivity contribution in [1.29, 1.82) is 0 Å². The monoisotopic (exact) mass is 507 g/mol. The van der Waals surface area contributed by atoms with Crippen LogP contribution in [-0.4, -0.2) is 37.1 Å². The lowest BCUT2D eigenvalue weighted by Gasteiger charge is -2.21. The van der Waals surface area contributed by atoms with Crippen molar-refractivity contribution in [2.75, 3.05) is 25.0 Å². The summed E-state index contributed by atoms with van der Waals surface area (Å²) in [4.78, 5) is 10.5. The Labute approximate surface area is 179 Å². The Kier molecular flexibility index (Phi) is 8.21. The minimum atomic E-state index is -0.525. The highest BCUT2D eigenvalue weighted by Crippen LogP contribution is 2.26. The van der Waals surface area contributed by atoms with Gasteiger partial charge in [0.05, 0.1) is 17.2 Å². The van der Waals surface area contributed by atoms with Crippen LogP contribution in [0.3, 0.4) is 0 Å². The molecule has 1 fully saturated rings. The number of halogens is 3. The number of rotatable bonds is 5. The van der Waals surface area contributed by atoms with E-state index < -0.39 is 11.6 Å². The largest absolute Gasteiger partial charge is 0.365 e. The van der Waals surface area contributed by atoms with Crippen LogP contribution in [0.1, 0.15) is 24.0 Å². The summed E-state index contributed by atoms with van der Waals surface area (Å²) in [6, 6.07) is 4.03. The zero-order chi connectivity index (χ0) is 18.5. The molecule has 0 radical (unpaired) electrons. The molecule has 27 heavy (non-hydrogen) atoms. The van der Waals surface area contributed by atoms with Gasteiger partial charge in [-0.1, -0.05) is 13.0 Å². The molecule has 1 saturated heterocycles. The van der Waals surface area contributed by atoms with Crippen LogP contribution >= 0.6 is 35.3 Å². The number of thiazole rings is 1. The van der Waals surface area contributed by atoms with Crippen LogP contribution in [0.15, 0.2) is 28.6 Å². The summed E-state index contributed by atoms with van der Waals surface area (Å²) in [6.45, 7) is 3.79. The van der Waals surface area contributed by atoms with E-state index in [9.17, 15) is 8.78 Å². The van der Waals surface area contributed by atoms with Gasteiger partial charge in [0.15, 0.2) is 5.96 Å².